The zero-order chi connectivity index (χ0) is 9.68. The predicted molar refractivity (Wildman–Crippen MR) is 50.5 cm³/mol. The standard InChI is InChI=1S/C10H10N2O/c1-12(6-7-13)10-4-2-9(8-11)3-5-10/h2-5,7H,6H2,1H3. The monoisotopic (exact) mass is 174 g/mol. The molecule has 0 atom stereocenters. The van der Waals surface area contributed by atoms with Gasteiger partial charge in [-0.15, -0.1) is 0 Å². The van der Waals surface area contributed by atoms with Crippen LogP contribution in [-0.4, -0.2) is 19.9 Å². The first-order valence-corrected chi connectivity index (χ1v) is 3.93. The van der Waals surface area contributed by atoms with E-state index >= 15 is 0 Å². The number of hydrogen-bond donors (Lipinski definition) is 0. The molecule has 0 saturated heterocycles. The summed E-state index contributed by atoms with van der Waals surface area (Å²) >= 11 is 0. The number of aldehydes is 1. The first kappa shape index (κ1) is 9.27. The number of likely N-dealkylation sites (N-methyl/N-ethyl adjacent to an activating group) is 1. The molecule has 0 N–H and O–H groups in total. The fraction of sp³-hybridized carbons (Fsp3) is 0.200. The van der Waals surface area contributed by atoms with Gasteiger partial charge in [-0.25, -0.2) is 0 Å². The minimum absolute atomic E-state index is 0.367. The number of nitriles is 1. The molecule has 3 nitrogen and oxygen atoms in total. The Balaban J connectivity index is 2.80. The lowest BCUT2D eigenvalue weighted by atomic mass is 10.2. The quantitative estimate of drug-likeness (QED) is 0.646. The van der Waals surface area contributed by atoms with Crippen molar-refractivity contribution in [3.8, 4) is 6.07 Å². The van der Waals surface area contributed by atoms with Gasteiger partial charge in [-0.2, -0.15) is 5.26 Å². The van der Waals surface area contributed by atoms with Crippen molar-refractivity contribution in [3.05, 3.63) is 29.8 Å². The van der Waals surface area contributed by atoms with Gasteiger partial charge in [-0.3, -0.25) is 0 Å². The average Bonchev–Trinajstić information content (AvgIpc) is 2.18. The summed E-state index contributed by atoms with van der Waals surface area (Å²) in [6.45, 7) is 0.367. The Labute approximate surface area is 77.2 Å². The van der Waals surface area contributed by atoms with Crippen LogP contribution in [0, 0.1) is 11.3 Å². The number of hydrogen-bond acceptors (Lipinski definition) is 3. The second kappa shape index (κ2) is 4.27. The number of anilines is 1. The largest absolute Gasteiger partial charge is 0.368 e. The lowest BCUT2D eigenvalue weighted by molar-refractivity contribution is -0.106. The minimum Gasteiger partial charge on any atom is -0.368 e. The molecule has 0 aliphatic rings. The molecule has 0 aliphatic carbocycles. The van der Waals surface area contributed by atoms with Crippen molar-refractivity contribution in [2.75, 3.05) is 18.5 Å². The van der Waals surface area contributed by atoms with Crippen LogP contribution >= 0.6 is 0 Å². The van der Waals surface area contributed by atoms with Crippen LogP contribution in [0.2, 0.25) is 0 Å². The molecule has 0 amide bonds. The van der Waals surface area contributed by atoms with Crippen molar-refractivity contribution < 1.29 is 4.79 Å². The molecule has 0 aromatic heterocycles. The van der Waals surface area contributed by atoms with E-state index in [4.69, 9.17) is 5.26 Å². The van der Waals surface area contributed by atoms with Gasteiger partial charge in [0.1, 0.15) is 6.29 Å². The molecule has 0 aliphatic heterocycles. The maximum atomic E-state index is 10.2. The molecular formula is C10H10N2O. The third-order valence-electron chi connectivity index (χ3n) is 1.79. The lowest BCUT2D eigenvalue weighted by Crippen LogP contribution is -2.18. The number of carbonyl (C=O) groups excluding carboxylic acids is 1. The molecule has 0 heterocycles. The van der Waals surface area contributed by atoms with Gasteiger partial charge in [0.05, 0.1) is 18.2 Å². The second-order valence-corrected chi connectivity index (χ2v) is 2.71. The molecular weight excluding hydrogens is 164 g/mol. The first-order valence-electron chi connectivity index (χ1n) is 3.93. The Hall–Kier alpha value is -1.82. The van der Waals surface area contributed by atoms with E-state index < -0.39 is 0 Å². The molecule has 1 aromatic carbocycles. The SMILES string of the molecule is CN(CC=O)c1ccc(C#N)cc1. The molecule has 0 fully saturated rings. The van der Waals surface area contributed by atoms with Crippen LogP contribution < -0.4 is 4.90 Å². The van der Waals surface area contributed by atoms with Crippen LogP contribution in [0.25, 0.3) is 0 Å². The Bertz CT molecular complexity index is 324. The third kappa shape index (κ3) is 2.31. The normalized spacial score (nSPS) is 8.92. The van der Waals surface area contributed by atoms with E-state index in [2.05, 4.69) is 0 Å². The van der Waals surface area contributed by atoms with Gasteiger partial charge in [0.2, 0.25) is 0 Å². The highest BCUT2D eigenvalue weighted by Gasteiger charge is 1.98. The van der Waals surface area contributed by atoms with Crippen molar-refractivity contribution in [1.29, 1.82) is 5.26 Å². The molecule has 13 heavy (non-hydrogen) atoms. The molecule has 1 rings (SSSR count). The zero-order valence-corrected chi connectivity index (χ0v) is 7.40. The predicted octanol–water partition coefficient (Wildman–Crippen LogP) is 1.19. The first-order chi connectivity index (χ1) is 6.27. The summed E-state index contributed by atoms with van der Waals surface area (Å²) in [5.74, 6) is 0. The van der Waals surface area contributed by atoms with Gasteiger partial charge in [0.15, 0.2) is 0 Å². The number of carbonyl (C=O) groups is 1. The highest BCUT2D eigenvalue weighted by atomic mass is 16.1. The molecule has 66 valence electrons. The summed E-state index contributed by atoms with van der Waals surface area (Å²) < 4.78 is 0. The van der Waals surface area contributed by atoms with E-state index in [0.29, 0.717) is 12.1 Å². The maximum absolute atomic E-state index is 10.2. The second-order valence-electron chi connectivity index (χ2n) is 2.71. The highest BCUT2D eigenvalue weighted by Crippen LogP contribution is 2.12. The zero-order valence-electron chi connectivity index (χ0n) is 7.40. The van der Waals surface area contributed by atoms with Gasteiger partial charge >= 0.3 is 0 Å². The molecule has 0 spiro atoms. The molecule has 3 heteroatoms. The highest BCUT2D eigenvalue weighted by molar-refractivity contribution is 5.61. The summed E-state index contributed by atoms with van der Waals surface area (Å²) in [6, 6.07) is 9.15. The summed E-state index contributed by atoms with van der Waals surface area (Å²) in [6.07, 6.45) is 0.845. The summed E-state index contributed by atoms with van der Waals surface area (Å²) in [7, 11) is 1.83. The Kier molecular flexibility index (Phi) is 3.04. The van der Waals surface area contributed by atoms with Crippen molar-refractivity contribution in [2.45, 2.75) is 0 Å². The van der Waals surface area contributed by atoms with E-state index in [1.807, 2.05) is 30.1 Å². The van der Waals surface area contributed by atoms with E-state index in [1.165, 1.54) is 0 Å². The summed E-state index contributed by atoms with van der Waals surface area (Å²) in [4.78, 5) is 12.0. The average molecular weight is 174 g/mol. The molecule has 0 unspecified atom stereocenters. The third-order valence-corrected chi connectivity index (χ3v) is 1.79. The van der Waals surface area contributed by atoms with Crippen LogP contribution in [0.5, 0.6) is 0 Å². The number of rotatable bonds is 3. The van der Waals surface area contributed by atoms with Gasteiger partial charge < -0.3 is 9.69 Å². The van der Waals surface area contributed by atoms with E-state index in [9.17, 15) is 4.79 Å². The van der Waals surface area contributed by atoms with Gasteiger partial charge in [0.25, 0.3) is 0 Å². The number of nitrogens with zero attached hydrogens (tertiary/aromatic N) is 2. The summed E-state index contributed by atoms with van der Waals surface area (Å²) in [5, 5.41) is 8.55. The Morgan fingerprint density at radius 2 is 2.08 bits per heavy atom. The topological polar surface area (TPSA) is 44.1 Å². The Morgan fingerprint density at radius 3 is 2.54 bits per heavy atom. The van der Waals surface area contributed by atoms with Crippen molar-refractivity contribution in [1.82, 2.24) is 0 Å². The van der Waals surface area contributed by atoms with E-state index in [0.717, 1.165) is 12.0 Å². The number of benzene rings is 1. The summed E-state index contributed by atoms with van der Waals surface area (Å²) in [5.41, 5.74) is 1.56. The van der Waals surface area contributed by atoms with Crippen LogP contribution in [0.3, 0.4) is 0 Å². The van der Waals surface area contributed by atoms with Gasteiger partial charge in [0, 0.05) is 12.7 Å². The van der Waals surface area contributed by atoms with E-state index in [-0.39, 0.29) is 0 Å². The Morgan fingerprint density at radius 1 is 1.46 bits per heavy atom. The van der Waals surface area contributed by atoms with Gasteiger partial charge in [-0.05, 0) is 24.3 Å². The van der Waals surface area contributed by atoms with Crippen LogP contribution in [0.1, 0.15) is 5.56 Å². The van der Waals surface area contributed by atoms with Gasteiger partial charge in [-0.1, -0.05) is 0 Å². The lowest BCUT2D eigenvalue weighted by Gasteiger charge is -2.15. The van der Waals surface area contributed by atoms with Crippen molar-refractivity contribution in [2.24, 2.45) is 0 Å². The smallest absolute Gasteiger partial charge is 0.139 e. The van der Waals surface area contributed by atoms with Crippen molar-refractivity contribution in [3.63, 3.8) is 0 Å². The molecule has 0 saturated carbocycles. The van der Waals surface area contributed by atoms with E-state index in [1.54, 1.807) is 12.1 Å². The maximum Gasteiger partial charge on any atom is 0.139 e. The minimum atomic E-state index is 0.367. The fourth-order valence-electron chi connectivity index (χ4n) is 1.01. The van der Waals surface area contributed by atoms with Crippen molar-refractivity contribution >= 4 is 12.0 Å². The molecule has 0 radical (unpaired) electrons. The van der Waals surface area contributed by atoms with Crippen LogP contribution in [0.15, 0.2) is 24.3 Å². The fourth-order valence-corrected chi connectivity index (χ4v) is 1.01. The molecule has 0 bridgehead atoms. The van der Waals surface area contributed by atoms with Crippen LogP contribution in [-0.2, 0) is 4.79 Å². The molecule has 1 aromatic rings. The van der Waals surface area contributed by atoms with Crippen LogP contribution in [0.4, 0.5) is 5.69 Å².